The number of aromatic hydroxyl groups is 1. The lowest BCUT2D eigenvalue weighted by Gasteiger charge is -2.03. The molecule has 1 heterocycles. The number of rotatable bonds is 5. The maximum atomic E-state index is 12.0. The average Bonchev–Trinajstić information content (AvgIpc) is 2.74. The number of hydrogen-bond acceptors (Lipinski definition) is 5. The SMILES string of the molecule is CCOCc1oc2ccc(O)cc2c1C(=O)OCC. The minimum Gasteiger partial charge on any atom is -0.508 e. The number of hydrogen-bond donors (Lipinski definition) is 1. The maximum Gasteiger partial charge on any atom is 0.342 e. The lowest BCUT2D eigenvalue weighted by molar-refractivity contribution is 0.0516. The smallest absolute Gasteiger partial charge is 0.342 e. The molecule has 0 aliphatic carbocycles. The van der Waals surface area contributed by atoms with E-state index in [0.717, 1.165) is 0 Å². The van der Waals surface area contributed by atoms with Gasteiger partial charge in [0, 0.05) is 12.0 Å². The molecule has 5 heteroatoms. The van der Waals surface area contributed by atoms with E-state index < -0.39 is 5.97 Å². The van der Waals surface area contributed by atoms with Crippen LogP contribution < -0.4 is 0 Å². The van der Waals surface area contributed by atoms with Crippen molar-refractivity contribution in [1.29, 1.82) is 0 Å². The Labute approximate surface area is 110 Å². The van der Waals surface area contributed by atoms with Crippen molar-refractivity contribution in [1.82, 2.24) is 0 Å². The predicted octanol–water partition coefficient (Wildman–Crippen LogP) is 2.85. The van der Waals surface area contributed by atoms with Crippen LogP contribution in [0.3, 0.4) is 0 Å². The first kappa shape index (κ1) is 13.4. The van der Waals surface area contributed by atoms with Crippen LogP contribution >= 0.6 is 0 Å². The largest absolute Gasteiger partial charge is 0.508 e. The molecule has 0 unspecified atom stereocenters. The molecule has 1 aromatic carbocycles. The van der Waals surface area contributed by atoms with E-state index >= 15 is 0 Å². The van der Waals surface area contributed by atoms with E-state index in [1.165, 1.54) is 12.1 Å². The van der Waals surface area contributed by atoms with E-state index in [0.29, 0.717) is 28.9 Å². The van der Waals surface area contributed by atoms with Crippen molar-refractivity contribution < 1.29 is 23.8 Å². The van der Waals surface area contributed by atoms with E-state index in [-0.39, 0.29) is 19.0 Å². The lowest BCUT2D eigenvalue weighted by atomic mass is 10.1. The quantitative estimate of drug-likeness (QED) is 0.841. The summed E-state index contributed by atoms with van der Waals surface area (Å²) in [4.78, 5) is 12.0. The minimum atomic E-state index is -0.471. The monoisotopic (exact) mass is 264 g/mol. The predicted molar refractivity (Wildman–Crippen MR) is 69.2 cm³/mol. The third-order valence-corrected chi connectivity index (χ3v) is 2.66. The zero-order chi connectivity index (χ0) is 13.8. The lowest BCUT2D eigenvalue weighted by Crippen LogP contribution is -2.07. The van der Waals surface area contributed by atoms with Crippen molar-refractivity contribution in [3.05, 3.63) is 29.5 Å². The van der Waals surface area contributed by atoms with Crippen LogP contribution in [-0.4, -0.2) is 24.3 Å². The minimum absolute atomic E-state index is 0.0711. The van der Waals surface area contributed by atoms with Gasteiger partial charge in [0.25, 0.3) is 0 Å². The van der Waals surface area contributed by atoms with Gasteiger partial charge >= 0.3 is 5.97 Å². The van der Waals surface area contributed by atoms with Crippen molar-refractivity contribution in [2.75, 3.05) is 13.2 Å². The van der Waals surface area contributed by atoms with E-state index in [9.17, 15) is 9.90 Å². The molecule has 0 fully saturated rings. The Morgan fingerprint density at radius 2 is 2.11 bits per heavy atom. The number of carbonyl (C=O) groups excluding carboxylic acids is 1. The van der Waals surface area contributed by atoms with Crippen LogP contribution in [0.15, 0.2) is 22.6 Å². The highest BCUT2D eigenvalue weighted by atomic mass is 16.5. The van der Waals surface area contributed by atoms with Gasteiger partial charge in [-0.3, -0.25) is 0 Å². The molecule has 1 N–H and O–H groups in total. The molecule has 0 bridgehead atoms. The number of fused-ring (bicyclic) bond motifs is 1. The van der Waals surface area contributed by atoms with Crippen LogP contribution in [0.2, 0.25) is 0 Å². The van der Waals surface area contributed by atoms with E-state index in [1.54, 1.807) is 13.0 Å². The zero-order valence-corrected chi connectivity index (χ0v) is 10.9. The molecular formula is C14H16O5. The van der Waals surface area contributed by atoms with Crippen molar-refractivity contribution in [3.63, 3.8) is 0 Å². The second kappa shape index (κ2) is 5.75. The fourth-order valence-corrected chi connectivity index (χ4v) is 1.86. The molecule has 2 aromatic rings. The molecule has 0 radical (unpaired) electrons. The highest BCUT2D eigenvalue weighted by Gasteiger charge is 2.22. The normalized spacial score (nSPS) is 10.8. The van der Waals surface area contributed by atoms with Crippen LogP contribution in [0.25, 0.3) is 11.0 Å². The Morgan fingerprint density at radius 3 is 2.79 bits per heavy atom. The van der Waals surface area contributed by atoms with Gasteiger partial charge in [-0.2, -0.15) is 0 Å². The molecule has 0 spiro atoms. The Kier molecular flexibility index (Phi) is 4.06. The molecule has 0 amide bonds. The van der Waals surface area contributed by atoms with Crippen molar-refractivity contribution in [3.8, 4) is 5.75 Å². The zero-order valence-electron chi connectivity index (χ0n) is 10.9. The Bertz CT molecular complexity index is 585. The summed E-state index contributed by atoms with van der Waals surface area (Å²) < 4.78 is 15.9. The molecule has 0 aliphatic rings. The molecule has 2 rings (SSSR count). The van der Waals surface area contributed by atoms with E-state index in [1.807, 2.05) is 6.92 Å². The fraction of sp³-hybridized carbons (Fsp3) is 0.357. The Morgan fingerprint density at radius 1 is 1.32 bits per heavy atom. The van der Waals surface area contributed by atoms with Gasteiger partial charge in [0.2, 0.25) is 0 Å². The van der Waals surface area contributed by atoms with Gasteiger partial charge in [0.15, 0.2) is 0 Å². The second-order valence-corrected chi connectivity index (χ2v) is 3.94. The topological polar surface area (TPSA) is 68.9 Å². The maximum absolute atomic E-state index is 12.0. The van der Waals surface area contributed by atoms with Crippen LogP contribution in [-0.2, 0) is 16.1 Å². The third-order valence-electron chi connectivity index (χ3n) is 2.66. The summed E-state index contributed by atoms with van der Waals surface area (Å²) in [6.07, 6.45) is 0. The standard InChI is InChI=1S/C14H16O5/c1-3-17-8-12-13(14(16)18-4-2)10-7-9(15)5-6-11(10)19-12/h5-7,15H,3-4,8H2,1-2H3. The van der Waals surface area contributed by atoms with Gasteiger partial charge in [-0.25, -0.2) is 4.79 Å². The fourth-order valence-electron chi connectivity index (χ4n) is 1.86. The van der Waals surface area contributed by atoms with Gasteiger partial charge in [-0.1, -0.05) is 0 Å². The Hall–Kier alpha value is -2.01. The number of esters is 1. The summed E-state index contributed by atoms with van der Waals surface area (Å²) >= 11 is 0. The summed E-state index contributed by atoms with van der Waals surface area (Å²) in [5, 5.41) is 10.1. The number of phenolic OH excluding ortho intramolecular Hbond substituents is 1. The molecule has 0 saturated heterocycles. The van der Waals surface area contributed by atoms with Crippen LogP contribution in [0.1, 0.15) is 30.0 Å². The summed E-state index contributed by atoms with van der Waals surface area (Å²) in [7, 11) is 0. The first-order valence-electron chi connectivity index (χ1n) is 6.16. The summed E-state index contributed by atoms with van der Waals surface area (Å²) in [5.41, 5.74) is 0.844. The van der Waals surface area contributed by atoms with Gasteiger partial charge in [0.05, 0.1) is 6.61 Å². The third kappa shape index (κ3) is 2.71. The van der Waals surface area contributed by atoms with Gasteiger partial charge in [-0.15, -0.1) is 0 Å². The Balaban J connectivity index is 2.52. The van der Waals surface area contributed by atoms with Gasteiger partial charge in [0.1, 0.15) is 29.3 Å². The van der Waals surface area contributed by atoms with Crippen LogP contribution in [0.4, 0.5) is 0 Å². The van der Waals surface area contributed by atoms with Crippen LogP contribution in [0.5, 0.6) is 5.75 Å². The number of carbonyl (C=O) groups is 1. The summed E-state index contributed by atoms with van der Waals surface area (Å²) in [6, 6.07) is 4.61. The highest BCUT2D eigenvalue weighted by Crippen LogP contribution is 2.30. The molecular weight excluding hydrogens is 248 g/mol. The van der Waals surface area contributed by atoms with Crippen LogP contribution in [0, 0.1) is 0 Å². The van der Waals surface area contributed by atoms with Crippen molar-refractivity contribution in [2.24, 2.45) is 0 Å². The summed E-state index contributed by atoms with van der Waals surface area (Å²) in [6.45, 7) is 4.58. The second-order valence-electron chi connectivity index (χ2n) is 3.94. The average molecular weight is 264 g/mol. The molecule has 19 heavy (non-hydrogen) atoms. The number of phenols is 1. The first-order chi connectivity index (χ1) is 9.17. The van der Waals surface area contributed by atoms with E-state index in [4.69, 9.17) is 13.9 Å². The number of furan rings is 1. The van der Waals surface area contributed by atoms with Crippen molar-refractivity contribution in [2.45, 2.75) is 20.5 Å². The van der Waals surface area contributed by atoms with Gasteiger partial charge in [-0.05, 0) is 32.0 Å². The van der Waals surface area contributed by atoms with E-state index in [2.05, 4.69) is 0 Å². The van der Waals surface area contributed by atoms with Gasteiger partial charge < -0.3 is 19.0 Å². The molecule has 102 valence electrons. The molecule has 0 aliphatic heterocycles. The first-order valence-corrected chi connectivity index (χ1v) is 6.16. The molecule has 0 saturated carbocycles. The number of benzene rings is 1. The highest BCUT2D eigenvalue weighted by molar-refractivity contribution is 6.04. The molecule has 0 atom stereocenters. The molecule has 1 aromatic heterocycles. The number of ether oxygens (including phenoxy) is 2. The molecule has 5 nitrogen and oxygen atoms in total. The van der Waals surface area contributed by atoms with Crippen molar-refractivity contribution >= 4 is 16.9 Å². The summed E-state index contributed by atoms with van der Waals surface area (Å²) in [5.74, 6) is 0.0178.